The number of ether oxygens (including phenoxy) is 2. The van der Waals surface area contributed by atoms with Crippen LogP contribution in [0.15, 0.2) is 39.6 Å². The number of nitrogens with two attached hydrogens (primary N) is 1. The maximum atomic E-state index is 12.3. The maximum Gasteiger partial charge on any atom is 0.362 e. The number of hydrogen-bond acceptors (Lipinski definition) is 6. The van der Waals surface area contributed by atoms with Gasteiger partial charge in [-0.15, -0.1) is 0 Å². The van der Waals surface area contributed by atoms with Crippen molar-refractivity contribution in [1.29, 1.82) is 0 Å². The van der Waals surface area contributed by atoms with E-state index >= 15 is 0 Å². The fraction of sp³-hybridized carbons (Fsp3) is 0.200. The number of benzene rings is 1. The van der Waals surface area contributed by atoms with Gasteiger partial charge in [-0.3, -0.25) is 9.59 Å². The van der Waals surface area contributed by atoms with Gasteiger partial charge in [-0.25, -0.2) is 4.79 Å². The molecule has 2 N–H and O–H groups in total. The minimum Gasteiger partial charge on any atom is -0.481 e. The van der Waals surface area contributed by atoms with Crippen molar-refractivity contribution in [3.63, 3.8) is 0 Å². The van der Waals surface area contributed by atoms with Crippen LogP contribution < -0.4 is 16.0 Å². The van der Waals surface area contributed by atoms with Crippen LogP contribution in [0.2, 0.25) is 0 Å². The summed E-state index contributed by atoms with van der Waals surface area (Å²) in [5.41, 5.74) is 4.69. The molecular weight excluding hydrogens is 382 g/mol. The molecule has 2 rings (SSSR count). The van der Waals surface area contributed by atoms with Crippen LogP contribution in [0.1, 0.15) is 17.4 Å². The fourth-order valence-electron chi connectivity index (χ4n) is 1.83. The van der Waals surface area contributed by atoms with Crippen LogP contribution in [0.25, 0.3) is 5.69 Å². The second-order valence-corrected chi connectivity index (χ2v) is 5.48. The van der Waals surface area contributed by atoms with Gasteiger partial charge in [0.2, 0.25) is 5.69 Å². The lowest BCUT2D eigenvalue weighted by Gasteiger charge is -2.11. The molecule has 0 fully saturated rings. The molecule has 0 aliphatic heterocycles. The van der Waals surface area contributed by atoms with Gasteiger partial charge in [0.05, 0.1) is 18.4 Å². The summed E-state index contributed by atoms with van der Waals surface area (Å²) in [5, 5.41) is 4.01. The molecule has 0 aliphatic carbocycles. The van der Waals surface area contributed by atoms with E-state index in [0.717, 1.165) is 15.2 Å². The molecule has 9 heteroatoms. The van der Waals surface area contributed by atoms with Crippen molar-refractivity contribution in [2.75, 3.05) is 13.2 Å². The van der Waals surface area contributed by atoms with Crippen LogP contribution >= 0.6 is 15.9 Å². The van der Waals surface area contributed by atoms with Gasteiger partial charge in [0.1, 0.15) is 0 Å². The first-order valence-electron chi connectivity index (χ1n) is 6.91. The molecule has 0 aliphatic rings. The molecule has 1 aromatic carbocycles. The van der Waals surface area contributed by atoms with Crippen LogP contribution in [0.3, 0.4) is 0 Å². The number of esters is 1. The lowest BCUT2D eigenvalue weighted by Crippen LogP contribution is -2.27. The van der Waals surface area contributed by atoms with E-state index < -0.39 is 24.0 Å². The Morgan fingerprint density at radius 2 is 2.08 bits per heavy atom. The summed E-state index contributed by atoms with van der Waals surface area (Å²) >= 11 is 3.30. The summed E-state index contributed by atoms with van der Waals surface area (Å²) in [6, 6.07) is 7.87. The van der Waals surface area contributed by atoms with Crippen molar-refractivity contribution >= 4 is 27.8 Å². The lowest BCUT2D eigenvalue weighted by atomic mass is 10.3. The number of amides is 1. The molecule has 2 aromatic rings. The van der Waals surface area contributed by atoms with E-state index in [2.05, 4.69) is 21.0 Å². The van der Waals surface area contributed by atoms with Crippen molar-refractivity contribution in [1.82, 2.24) is 9.78 Å². The van der Waals surface area contributed by atoms with E-state index in [-0.39, 0.29) is 18.1 Å². The van der Waals surface area contributed by atoms with Crippen molar-refractivity contribution in [3.05, 3.63) is 50.9 Å². The van der Waals surface area contributed by atoms with Crippen LogP contribution in [0.4, 0.5) is 0 Å². The van der Waals surface area contributed by atoms with E-state index in [1.165, 1.54) is 0 Å². The Kier molecular flexibility index (Phi) is 5.69. The zero-order valence-electron chi connectivity index (χ0n) is 12.7. The van der Waals surface area contributed by atoms with E-state index in [1.54, 1.807) is 31.2 Å². The topological polar surface area (TPSA) is 114 Å². The van der Waals surface area contributed by atoms with Crippen molar-refractivity contribution in [2.24, 2.45) is 5.73 Å². The second kappa shape index (κ2) is 7.73. The Morgan fingerprint density at radius 1 is 1.33 bits per heavy atom. The van der Waals surface area contributed by atoms with E-state index in [9.17, 15) is 14.4 Å². The van der Waals surface area contributed by atoms with Gasteiger partial charge < -0.3 is 15.2 Å². The summed E-state index contributed by atoms with van der Waals surface area (Å²) in [7, 11) is 0. The first-order valence-corrected chi connectivity index (χ1v) is 7.70. The molecule has 1 heterocycles. The Hall–Kier alpha value is -2.68. The predicted molar refractivity (Wildman–Crippen MR) is 88.2 cm³/mol. The van der Waals surface area contributed by atoms with Crippen LogP contribution in [-0.2, 0) is 9.53 Å². The minimum atomic E-state index is -0.777. The molecular formula is C15H14BrN3O5. The SMILES string of the molecule is CCOC(=O)c1nn(-c2cccc(Br)c2)c(=O)cc1OCC(N)=O. The van der Waals surface area contributed by atoms with Gasteiger partial charge in [-0.05, 0) is 25.1 Å². The molecule has 24 heavy (non-hydrogen) atoms. The van der Waals surface area contributed by atoms with Gasteiger partial charge in [0.25, 0.3) is 11.5 Å². The van der Waals surface area contributed by atoms with Crippen LogP contribution in [-0.4, -0.2) is 34.9 Å². The van der Waals surface area contributed by atoms with Crippen molar-refractivity contribution in [2.45, 2.75) is 6.92 Å². The smallest absolute Gasteiger partial charge is 0.362 e. The Balaban J connectivity index is 2.54. The normalized spacial score (nSPS) is 10.2. The van der Waals surface area contributed by atoms with E-state index in [1.807, 2.05) is 0 Å². The molecule has 1 amide bonds. The number of aromatic nitrogens is 2. The van der Waals surface area contributed by atoms with Gasteiger partial charge in [-0.2, -0.15) is 9.78 Å². The quantitative estimate of drug-likeness (QED) is 0.730. The summed E-state index contributed by atoms with van der Waals surface area (Å²) in [5.74, 6) is -1.69. The number of halogens is 1. The zero-order valence-corrected chi connectivity index (χ0v) is 14.3. The largest absolute Gasteiger partial charge is 0.481 e. The molecule has 8 nitrogen and oxygen atoms in total. The Labute approximate surface area is 145 Å². The predicted octanol–water partition coefficient (Wildman–Crippen LogP) is 1.04. The number of carbonyl (C=O) groups excluding carboxylic acids is 2. The first kappa shape index (κ1) is 17.7. The third-order valence-corrected chi connectivity index (χ3v) is 3.28. The molecule has 0 bridgehead atoms. The second-order valence-electron chi connectivity index (χ2n) is 4.56. The monoisotopic (exact) mass is 395 g/mol. The number of carbonyl (C=O) groups is 2. The third-order valence-electron chi connectivity index (χ3n) is 2.79. The van der Waals surface area contributed by atoms with E-state index in [4.69, 9.17) is 15.2 Å². The van der Waals surface area contributed by atoms with Gasteiger partial charge in [0, 0.05) is 4.47 Å². The average Bonchev–Trinajstić information content (AvgIpc) is 2.53. The first-order chi connectivity index (χ1) is 11.4. The van der Waals surface area contributed by atoms with Gasteiger partial charge in [-0.1, -0.05) is 22.0 Å². The number of rotatable bonds is 6. The summed E-state index contributed by atoms with van der Waals surface area (Å²) in [4.78, 5) is 35.2. The lowest BCUT2D eigenvalue weighted by molar-refractivity contribution is -0.120. The number of primary amides is 1. The average molecular weight is 396 g/mol. The third kappa shape index (κ3) is 4.19. The highest BCUT2D eigenvalue weighted by Crippen LogP contribution is 2.18. The molecule has 0 unspecified atom stereocenters. The standard InChI is InChI=1S/C15H14BrN3O5/c1-2-23-15(22)14-11(24-8-12(17)20)7-13(21)19(18-14)10-5-3-4-9(16)6-10/h3-7H,2,8H2,1H3,(H2,17,20). The molecule has 0 atom stereocenters. The maximum absolute atomic E-state index is 12.3. The zero-order chi connectivity index (χ0) is 17.7. The van der Waals surface area contributed by atoms with Crippen LogP contribution in [0.5, 0.6) is 5.75 Å². The van der Waals surface area contributed by atoms with Crippen LogP contribution in [0, 0.1) is 0 Å². The number of hydrogen-bond donors (Lipinski definition) is 1. The highest BCUT2D eigenvalue weighted by molar-refractivity contribution is 9.10. The number of nitrogens with zero attached hydrogens (tertiary/aromatic N) is 2. The minimum absolute atomic E-state index is 0.117. The van der Waals surface area contributed by atoms with Gasteiger partial charge in [0.15, 0.2) is 12.4 Å². The molecule has 0 saturated heterocycles. The molecule has 0 spiro atoms. The van der Waals surface area contributed by atoms with Crippen molar-refractivity contribution < 1.29 is 19.1 Å². The Morgan fingerprint density at radius 3 is 2.71 bits per heavy atom. The summed E-state index contributed by atoms with van der Waals surface area (Å²) < 4.78 is 11.8. The Bertz CT molecular complexity index is 834. The summed E-state index contributed by atoms with van der Waals surface area (Å²) in [6.45, 7) is 1.26. The molecule has 1 aromatic heterocycles. The highest BCUT2D eigenvalue weighted by atomic mass is 79.9. The fourth-order valence-corrected chi connectivity index (χ4v) is 2.22. The molecule has 126 valence electrons. The highest BCUT2D eigenvalue weighted by Gasteiger charge is 2.20. The van der Waals surface area contributed by atoms with Gasteiger partial charge >= 0.3 is 5.97 Å². The summed E-state index contributed by atoms with van der Waals surface area (Å²) in [6.07, 6.45) is 0. The molecule has 0 radical (unpaired) electrons. The van der Waals surface area contributed by atoms with Crippen molar-refractivity contribution in [3.8, 4) is 11.4 Å². The van der Waals surface area contributed by atoms with E-state index in [0.29, 0.717) is 5.69 Å². The molecule has 0 saturated carbocycles.